The van der Waals surface area contributed by atoms with E-state index in [4.69, 9.17) is 0 Å². The molecule has 0 radical (unpaired) electrons. The number of carbonyl (C=O) groups excluding carboxylic acids is 1. The number of nitrogens with zero attached hydrogens (tertiary/aromatic N) is 2. The Kier molecular flexibility index (Phi) is 4.78. The van der Waals surface area contributed by atoms with Crippen molar-refractivity contribution in [3.63, 3.8) is 0 Å². The Balaban J connectivity index is 2.28. The van der Waals surface area contributed by atoms with E-state index in [2.05, 4.69) is 66.9 Å². The summed E-state index contributed by atoms with van der Waals surface area (Å²) in [6.07, 6.45) is 2.81. The normalized spacial score (nSPS) is 21.4. The van der Waals surface area contributed by atoms with Gasteiger partial charge in [0.05, 0.1) is 18.2 Å². The van der Waals surface area contributed by atoms with Crippen molar-refractivity contribution in [3.05, 3.63) is 30.0 Å². The summed E-state index contributed by atoms with van der Waals surface area (Å²) in [4.78, 5) is 14.9. The second-order valence-electron chi connectivity index (χ2n) is 7.72. The van der Waals surface area contributed by atoms with Crippen molar-refractivity contribution in [1.29, 1.82) is 0 Å². The topological polar surface area (TPSA) is 57.5 Å². The number of aliphatic hydroxyl groups excluding tert-OH is 1. The van der Waals surface area contributed by atoms with Gasteiger partial charge in [-0.05, 0) is 43.9 Å². The molecule has 1 aromatic heterocycles. The Morgan fingerprint density at radius 3 is 2.60 bits per heavy atom. The second-order valence-corrected chi connectivity index (χ2v) is 7.72. The van der Waals surface area contributed by atoms with Crippen LogP contribution in [-0.4, -0.2) is 41.3 Å². The number of anilines is 1. The summed E-state index contributed by atoms with van der Waals surface area (Å²) in [5.41, 5.74) is 3.44. The van der Waals surface area contributed by atoms with Gasteiger partial charge in [-0.25, -0.2) is 0 Å². The summed E-state index contributed by atoms with van der Waals surface area (Å²) in [5.74, 6) is 0.142. The van der Waals surface area contributed by atoms with Gasteiger partial charge in [0.25, 0.3) is 0 Å². The lowest BCUT2D eigenvalue weighted by Crippen LogP contribution is -2.52. The predicted molar refractivity (Wildman–Crippen MR) is 102 cm³/mol. The van der Waals surface area contributed by atoms with Crippen molar-refractivity contribution in [2.24, 2.45) is 5.92 Å². The number of aromatic nitrogens is 1. The first-order chi connectivity index (χ1) is 11.8. The fraction of sp³-hybridized carbons (Fsp3) is 0.550. The fourth-order valence-corrected chi connectivity index (χ4v) is 4.04. The molecule has 0 unspecified atom stereocenters. The van der Waals surface area contributed by atoms with Gasteiger partial charge in [-0.15, -0.1) is 0 Å². The number of hydrogen-bond donors (Lipinski definition) is 2. The van der Waals surface area contributed by atoms with Gasteiger partial charge in [0.1, 0.15) is 6.04 Å². The van der Waals surface area contributed by atoms with E-state index in [1.54, 1.807) is 0 Å². The minimum Gasteiger partial charge on any atom is -0.394 e. The molecule has 0 spiro atoms. The predicted octanol–water partition coefficient (Wildman–Crippen LogP) is 2.72. The van der Waals surface area contributed by atoms with Crippen LogP contribution in [0, 0.1) is 5.92 Å². The highest BCUT2D eigenvalue weighted by molar-refractivity contribution is 5.98. The molecule has 5 heteroatoms. The summed E-state index contributed by atoms with van der Waals surface area (Å²) in [6, 6.07) is 6.11. The average Bonchev–Trinajstić information content (AvgIpc) is 2.93. The first-order valence-electron chi connectivity index (χ1n) is 9.11. The molecule has 0 bridgehead atoms. The highest BCUT2D eigenvalue weighted by atomic mass is 16.3. The van der Waals surface area contributed by atoms with E-state index in [1.807, 2.05) is 7.05 Å². The van der Waals surface area contributed by atoms with Crippen LogP contribution in [-0.2, 0) is 11.2 Å². The standard InChI is InChI=1S/C20H29N3O2/c1-12(2)19-20(25)21-15(11-24)9-14-10-23(13(3)4)17-8-6-7-16(18(14)17)22(19)5/h6-8,10,12-13,15,19,24H,9,11H2,1-5H3,(H,21,25)/t15-,19-/m0/s1. The molecular weight excluding hydrogens is 314 g/mol. The molecule has 1 aromatic carbocycles. The Morgan fingerprint density at radius 1 is 1.28 bits per heavy atom. The molecule has 1 aliphatic rings. The van der Waals surface area contributed by atoms with Crippen molar-refractivity contribution in [2.75, 3.05) is 18.6 Å². The van der Waals surface area contributed by atoms with Crippen molar-refractivity contribution in [2.45, 2.75) is 52.2 Å². The minimum atomic E-state index is -0.270. The zero-order chi connectivity index (χ0) is 18.3. The third kappa shape index (κ3) is 3.01. The first kappa shape index (κ1) is 17.8. The van der Waals surface area contributed by atoms with Crippen LogP contribution in [0.15, 0.2) is 24.4 Å². The van der Waals surface area contributed by atoms with Gasteiger partial charge < -0.3 is 19.9 Å². The molecular formula is C20H29N3O2. The second kappa shape index (κ2) is 6.71. The Hall–Kier alpha value is -2.01. The monoisotopic (exact) mass is 343 g/mol. The number of rotatable bonds is 3. The molecule has 2 aromatic rings. The van der Waals surface area contributed by atoms with E-state index in [0.717, 1.165) is 5.69 Å². The number of nitrogens with one attached hydrogen (secondary N) is 1. The van der Waals surface area contributed by atoms with Crippen LogP contribution in [0.5, 0.6) is 0 Å². The number of hydrogen-bond acceptors (Lipinski definition) is 3. The van der Waals surface area contributed by atoms with Gasteiger partial charge in [-0.1, -0.05) is 19.9 Å². The van der Waals surface area contributed by atoms with E-state index in [1.165, 1.54) is 16.5 Å². The highest BCUT2D eigenvalue weighted by Gasteiger charge is 2.32. The number of aliphatic hydroxyl groups is 1. The molecule has 1 amide bonds. The lowest BCUT2D eigenvalue weighted by atomic mass is 10.0. The van der Waals surface area contributed by atoms with Gasteiger partial charge in [-0.2, -0.15) is 0 Å². The first-order valence-corrected chi connectivity index (χ1v) is 9.11. The maximum atomic E-state index is 12.8. The maximum absolute atomic E-state index is 12.8. The molecule has 0 saturated heterocycles. The zero-order valence-corrected chi connectivity index (χ0v) is 15.8. The fourth-order valence-electron chi connectivity index (χ4n) is 4.04. The molecule has 5 nitrogen and oxygen atoms in total. The van der Waals surface area contributed by atoms with Crippen molar-refractivity contribution in [3.8, 4) is 0 Å². The Bertz CT molecular complexity index is 779. The lowest BCUT2D eigenvalue weighted by Gasteiger charge is -2.32. The summed E-state index contributed by atoms with van der Waals surface area (Å²) < 4.78 is 2.28. The number of carbonyl (C=O) groups is 1. The Morgan fingerprint density at radius 2 is 2.00 bits per heavy atom. The van der Waals surface area contributed by atoms with Crippen LogP contribution < -0.4 is 10.2 Å². The largest absolute Gasteiger partial charge is 0.394 e. The van der Waals surface area contributed by atoms with Gasteiger partial charge in [0.15, 0.2) is 0 Å². The van der Waals surface area contributed by atoms with Crippen LogP contribution in [0.2, 0.25) is 0 Å². The molecule has 1 aliphatic heterocycles. The summed E-state index contributed by atoms with van der Waals surface area (Å²) in [6.45, 7) is 8.41. The summed E-state index contributed by atoms with van der Waals surface area (Å²) in [5, 5.41) is 14.0. The van der Waals surface area contributed by atoms with Crippen molar-refractivity contribution < 1.29 is 9.90 Å². The molecule has 0 fully saturated rings. The Labute approximate surface area is 149 Å². The zero-order valence-electron chi connectivity index (χ0n) is 15.8. The quantitative estimate of drug-likeness (QED) is 0.901. The van der Waals surface area contributed by atoms with E-state index in [-0.39, 0.29) is 30.5 Å². The van der Waals surface area contributed by atoms with Gasteiger partial charge in [0, 0.05) is 30.4 Å². The molecule has 3 rings (SSSR count). The molecule has 25 heavy (non-hydrogen) atoms. The number of likely N-dealkylation sites (N-methyl/N-ethyl adjacent to an activating group) is 1. The molecule has 2 N–H and O–H groups in total. The van der Waals surface area contributed by atoms with Crippen molar-refractivity contribution >= 4 is 22.5 Å². The van der Waals surface area contributed by atoms with E-state index >= 15 is 0 Å². The minimum absolute atomic E-state index is 0.0181. The summed E-state index contributed by atoms with van der Waals surface area (Å²) in [7, 11) is 1.99. The maximum Gasteiger partial charge on any atom is 0.243 e. The van der Waals surface area contributed by atoms with E-state index in [9.17, 15) is 9.90 Å². The smallest absolute Gasteiger partial charge is 0.243 e. The molecule has 0 saturated carbocycles. The third-order valence-electron chi connectivity index (χ3n) is 5.20. The molecule has 2 atom stereocenters. The molecule has 2 heterocycles. The van der Waals surface area contributed by atoms with E-state index in [0.29, 0.717) is 12.5 Å². The third-order valence-corrected chi connectivity index (χ3v) is 5.20. The van der Waals surface area contributed by atoms with E-state index < -0.39 is 0 Å². The highest BCUT2D eigenvalue weighted by Crippen LogP contribution is 2.35. The van der Waals surface area contributed by atoms with Gasteiger partial charge in [-0.3, -0.25) is 4.79 Å². The lowest BCUT2D eigenvalue weighted by molar-refractivity contribution is -0.124. The van der Waals surface area contributed by atoms with Crippen LogP contribution >= 0.6 is 0 Å². The van der Waals surface area contributed by atoms with Gasteiger partial charge >= 0.3 is 0 Å². The van der Waals surface area contributed by atoms with Crippen LogP contribution in [0.25, 0.3) is 10.9 Å². The van der Waals surface area contributed by atoms with Crippen LogP contribution in [0.1, 0.15) is 39.3 Å². The average molecular weight is 343 g/mol. The van der Waals surface area contributed by atoms with Crippen molar-refractivity contribution in [1.82, 2.24) is 9.88 Å². The van der Waals surface area contributed by atoms with Gasteiger partial charge in [0.2, 0.25) is 5.91 Å². The molecule has 0 aliphatic carbocycles. The summed E-state index contributed by atoms with van der Waals surface area (Å²) >= 11 is 0. The van der Waals surface area contributed by atoms with Crippen LogP contribution in [0.3, 0.4) is 0 Å². The molecule has 136 valence electrons. The van der Waals surface area contributed by atoms with Crippen LogP contribution in [0.4, 0.5) is 5.69 Å². The number of amides is 1. The number of benzene rings is 1. The SMILES string of the molecule is CC(C)[C@H]1C(=O)N[C@H](CO)Cc2cn(C(C)C)c3cccc(c23)N1C.